The molecule has 1 aromatic carbocycles. The van der Waals surface area contributed by atoms with Crippen LogP contribution in [0.3, 0.4) is 0 Å². The fourth-order valence-electron chi connectivity index (χ4n) is 0.905. The smallest absolute Gasteiger partial charge is 0.115 e. The molecule has 0 fully saturated rings. The van der Waals surface area contributed by atoms with Gasteiger partial charge in [0, 0.05) is 10.9 Å². The molecule has 3 N–H and O–H groups in total. The summed E-state index contributed by atoms with van der Waals surface area (Å²) in [5.74, 6) is 1.35. The molecular formula is C10H15NOS. The Morgan fingerprint density at radius 2 is 2.00 bits per heavy atom. The summed E-state index contributed by atoms with van der Waals surface area (Å²) in [4.78, 5) is 1.18. The fourth-order valence-corrected chi connectivity index (χ4v) is 1.96. The van der Waals surface area contributed by atoms with Crippen molar-refractivity contribution < 1.29 is 5.11 Å². The maximum absolute atomic E-state index is 9.04. The molecule has 0 amide bonds. The van der Waals surface area contributed by atoms with Crippen LogP contribution in [0, 0.1) is 0 Å². The molecule has 72 valence electrons. The number of phenols is 1. The first kappa shape index (κ1) is 10.4. The summed E-state index contributed by atoms with van der Waals surface area (Å²) in [5, 5.41) is 9.04. The van der Waals surface area contributed by atoms with Crippen LogP contribution < -0.4 is 5.73 Å². The molecule has 0 aliphatic heterocycles. The Hall–Kier alpha value is -0.670. The monoisotopic (exact) mass is 197 g/mol. The van der Waals surface area contributed by atoms with E-state index >= 15 is 0 Å². The molecule has 1 rings (SSSR count). The molecule has 2 nitrogen and oxygen atoms in total. The van der Waals surface area contributed by atoms with E-state index in [-0.39, 0.29) is 6.04 Å². The van der Waals surface area contributed by atoms with Crippen LogP contribution in [-0.2, 0) is 0 Å². The largest absolute Gasteiger partial charge is 0.508 e. The number of hydrogen-bond acceptors (Lipinski definition) is 3. The van der Waals surface area contributed by atoms with Crippen molar-refractivity contribution in [3.05, 3.63) is 24.3 Å². The molecule has 0 aliphatic rings. The van der Waals surface area contributed by atoms with Gasteiger partial charge in [-0.05, 0) is 43.4 Å². The topological polar surface area (TPSA) is 46.2 Å². The summed E-state index contributed by atoms with van der Waals surface area (Å²) in [6.07, 6.45) is 1.02. The van der Waals surface area contributed by atoms with Crippen LogP contribution in [0.4, 0.5) is 0 Å². The third-order valence-electron chi connectivity index (χ3n) is 1.68. The average molecular weight is 197 g/mol. The van der Waals surface area contributed by atoms with E-state index in [4.69, 9.17) is 10.8 Å². The van der Waals surface area contributed by atoms with Crippen molar-refractivity contribution >= 4 is 11.8 Å². The van der Waals surface area contributed by atoms with Gasteiger partial charge in [-0.2, -0.15) is 0 Å². The maximum atomic E-state index is 9.04. The van der Waals surface area contributed by atoms with Crippen LogP contribution in [0.1, 0.15) is 13.3 Å². The second-order valence-corrected chi connectivity index (χ2v) is 4.28. The van der Waals surface area contributed by atoms with Crippen molar-refractivity contribution in [2.75, 3.05) is 5.75 Å². The molecular weight excluding hydrogens is 182 g/mol. The summed E-state index contributed by atoms with van der Waals surface area (Å²) < 4.78 is 0. The van der Waals surface area contributed by atoms with Gasteiger partial charge in [0.2, 0.25) is 0 Å². The second-order valence-electron chi connectivity index (χ2n) is 3.11. The van der Waals surface area contributed by atoms with Gasteiger partial charge in [0.1, 0.15) is 5.75 Å². The van der Waals surface area contributed by atoms with E-state index in [1.54, 1.807) is 23.9 Å². The van der Waals surface area contributed by atoms with E-state index in [2.05, 4.69) is 0 Å². The van der Waals surface area contributed by atoms with Gasteiger partial charge in [0.25, 0.3) is 0 Å². The lowest BCUT2D eigenvalue weighted by molar-refractivity contribution is 0.475. The van der Waals surface area contributed by atoms with Crippen molar-refractivity contribution in [1.29, 1.82) is 0 Å². The number of benzene rings is 1. The lowest BCUT2D eigenvalue weighted by Gasteiger charge is -2.04. The van der Waals surface area contributed by atoms with Crippen LogP contribution in [-0.4, -0.2) is 16.9 Å². The first-order valence-corrected chi connectivity index (χ1v) is 5.34. The van der Waals surface area contributed by atoms with E-state index in [9.17, 15) is 0 Å². The van der Waals surface area contributed by atoms with Gasteiger partial charge in [-0.3, -0.25) is 0 Å². The Kier molecular flexibility index (Phi) is 4.12. The Labute approximate surface area is 83.1 Å². The van der Waals surface area contributed by atoms with E-state index < -0.39 is 0 Å². The fraction of sp³-hybridized carbons (Fsp3) is 0.400. The molecule has 0 heterocycles. The third kappa shape index (κ3) is 4.20. The Balaban J connectivity index is 2.33. The third-order valence-corrected chi connectivity index (χ3v) is 2.72. The first-order valence-electron chi connectivity index (χ1n) is 4.36. The van der Waals surface area contributed by atoms with Gasteiger partial charge in [-0.15, -0.1) is 11.8 Å². The Morgan fingerprint density at radius 1 is 1.38 bits per heavy atom. The molecule has 0 radical (unpaired) electrons. The number of aromatic hydroxyl groups is 1. The molecule has 0 aromatic heterocycles. The van der Waals surface area contributed by atoms with Crippen molar-refractivity contribution in [2.45, 2.75) is 24.3 Å². The molecule has 0 spiro atoms. The molecule has 1 aromatic rings. The standard InChI is InChI=1S/C10H15NOS/c1-8(11)6-7-13-10-4-2-9(12)3-5-10/h2-5,8,12H,6-7,11H2,1H3. The van der Waals surface area contributed by atoms with Crippen molar-refractivity contribution in [2.24, 2.45) is 5.73 Å². The summed E-state index contributed by atoms with van der Waals surface area (Å²) in [6.45, 7) is 2.01. The van der Waals surface area contributed by atoms with Gasteiger partial charge in [0.05, 0.1) is 0 Å². The van der Waals surface area contributed by atoms with Crippen molar-refractivity contribution in [3.8, 4) is 5.75 Å². The van der Waals surface area contributed by atoms with Crippen LogP contribution >= 0.6 is 11.8 Å². The van der Waals surface area contributed by atoms with E-state index in [1.165, 1.54) is 4.90 Å². The lowest BCUT2D eigenvalue weighted by Crippen LogP contribution is -2.15. The first-order chi connectivity index (χ1) is 6.18. The Morgan fingerprint density at radius 3 is 2.54 bits per heavy atom. The number of thioether (sulfide) groups is 1. The number of hydrogen-bond donors (Lipinski definition) is 2. The summed E-state index contributed by atoms with van der Waals surface area (Å²) in [6, 6.07) is 7.51. The van der Waals surface area contributed by atoms with Crippen LogP contribution in [0.5, 0.6) is 5.75 Å². The van der Waals surface area contributed by atoms with E-state index in [1.807, 2.05) is 19.1 Å². The minimum Gasteiger partial charge on any atom is -0.508 e. The molecule has 1 atom stereocenters. The molecule has 1 unspecified atom stereocenters. The highest BCUT2D eigenvalue weighted by Gasteiger charge is 1.96. The summed E-state index contributed by atoms with van der Waals surface area (Å²) >= 11 is 1.77. The van der Waals surface area contributed by atoms with Crippen molar-refractivity contribution in [3.63, 3.8) is 0 Å². The molecule has 3 heteroatoms. The van der Waals surface area contributed by atoms with Crippen LogP contribution in [0.25, 0.3) is 0 Å². The predicted octanol–water partition coefficient (Wildman–Crippen LogP) is 2.22. The Bertz CT molecular complexity index is 246. The number of rotatable bonds is 4. The van der Waals surface area contributed by atoms with Gasteiger partial charge in [-0.25, -0.2) is 0 Å². The number of phenolic OH excluding ortho intramolecular Hbond substituents is 1. The summed E-state index contributed by atoms with van der Waals surface area (Å²) in [7, 11) is 0. The van der Waals surface area contributed by atoms with Gasteiger partial charge in [0.15, 0.2) is 0 Å². The van der Waals surface area contributed by atoms with E-state index in [0.717, 1.165) is 12.2 Å². The second kappa shape index (κ2) is 5.14. The molecule has 0 saturated carbocycles. The molecule has 13 heavy (non-hydrogen) atoms. The average Bonchev–Trinajstić information content (AvgIpc) is 2.08. The van der Waals surface area contributed by atoms with Gasteiger partial charge in [-0.1, -0.05) is 0 Å². The minimum absolute atomic E-state index is 0.268. The highest BCUT2D eigenvalue weighted by molar-refractivity contribution is 7.99. The minimum atomic E-state index is 0.268. The highest BCUT2D eigenvalue weighted by Crippen LogP contribution is 2.21. The lowest BCUT2D eigenvalue weighted by atomic mass is 10.3. The van der Waals surface area contributed by atoms with E-state index in [0.29, 0.717) is 5.75 Å². The zero-order chi connectivity index (χ0) is 9.68. The normalized spacial score (nSPS) is 12.8. The van der Waals surface area contributed by atoms with Crippen LogP contribution in [0.2, 0.25) is 0 Å². The SMILES string of the molecule is CC(N)CCSc1ccc(O)cc1. The van der Waals surface area contributed by atoms with Gasteiger partial charge < -0.3 is 10.8 Å². The number of nitrogens with two attached hydrogens (primary N) is 1. The molecule has 0 aliphatic carbocycles. The van der Waals surface area contributed by atoms with Crippen LogP contribution in [0.15, 0.2) is 29.2 Å². The maximum Gasteiger partial charge on any atom is 0.115 e. The van der Waals surface area contributed by atoms with Gasteiger partial charge >= 0.3 is 0 Å². The predicted molar refractivity (Wildman–Crippen MR) is 57.1 cm³/mol. The van der Waals surface area contributed by atoms with Crippen molar-refractivity contribution in [1.82, 2.24) is 0 Å². The molecule has 0 bridgehead atoms. The quantitative estimate of drug-likeness (QED) is 0.727. The highest BCUT2D eigenvalue weighted by atomic mass is 32.2. The summed E-state index contributed by atoms with van der Waals surface area (Å²) in [5.41, 5.74) is 5.63. The zero-order valence-electron chi connectivity index (χ0n) is 7.73. The zero-order valence-corrected chi connectivity index (χ0v) is 8.55. The molecule has 0 saturated heterocycles.